The summed E-state index contributed by atoms with van der Waals surface area (Å²) in [5.41, 5.74) is 4.19. The fourth-order valence-corrected chi connectivity index (χ4v) is 2.84. The van der Waals surface area contributed by atoms with Crippen LogP contribution in [0.5, 0.6) is 0 Å². The third-order valence-corrected chi connectivity index (χ3v) is 4.29. The predicted molar refractivity (Wildman–Crippen MR) is 89.4 cm³/mol. The van der Waals surface area contributed by atoms with Gasteiger partial charge in [0, 0.05) is 13.1 Å². The van der Waals surface area contributed by atoms with E-state index in [0.717, 1.165) is 32.4 Å². The Hall–Kier alpha value is -0.940. The number of aliphatic hydroxyl groups excluding tert-OH is 1. The van der Waals surface area contributed by atoms with Crippen molar-refractivity contribution in [2.75, 3.05) is 6.54 Å². The van der Waals surface area contributed by atoms with Crippen molar-refractivity contribution in [2.24, 2.45) is 5.41 Å². The van der Waals surface area contributed by atoms with Gasteiger partial charge in [-0.05, 0) is 47.9 Å². The summed E-state index contributed by atoms with van der Waals surface area (Å²) in [6.45, 7) is 9.16. The maximum absolute atomic E-state index is 9.56. The predicted octanol–water partition coefficient (Wildman–Crippen LogP) is 1.93. The maximum Gasteiger partial charge on any atom is 0.167 e. The first-order valence-electron chi connectivity index (χ1n) is 8.26. The zero-order valence-corrected chi connectivity index (χ0v) is 14.0. The van der Waals surface area contributed by atoms with E-state index >= 15 is 0 Å². The molecule has 1 aromatic carbocycles. The molecule has 0 aromatic heterocycles. The zero-order valence-electron chi connectivity index (χ0n) is 14.0. The van der Waals surface area contributed by atoms with E-state index in [1.807, 2.05) is 0 Å². The Morgan fingerprint density at radius 1 is 1.23 bits per heavy atom. The second kappa shape index (κ2) is 7.55. The van der Waals surface area contributed by atoms with Crippen LogP contribution in [0.3, 0.4) is 0 Å². The Kier molecular flexibility index (Phi) is 5.98. The summed E-state index contributed by atoms with van der Waals surface area (Å²) in [5, 5.41) is 25.8. The molecule has 0 amide bonds. The van der Waals surface area contributed by atoms with E-state index in [0.29, 0.717) is 6.54 Å². The van der Waals surface area contributed by atoms with Crippen molar-refractivity contribution in [3.05, 3.63) is 34.9 Å². The van der Waals surface area contributed by atoms with Gasteiger partial charge in [0.05, 0.1) is 6.04 Å². The summed E-state index contributed by atoms with van der Waals surface area (Å²) in [6.07, 6.45) is 1.48. The zero-order chi connectivity index (χ0) is 16.2. The highest BCUT2D eigenvalue weighted by Gasteiger charge is 2.20. The number of hydrogen-bond donors (Lipinski definition) is 4. The molecule has 22 heavy (non-hydrogen) atoms. The molecule has 4 heteroatoms. The first kappa shape index (κ1) is 17.4. The summed E-state index contributed by atoms with van der Waals surface area (Å²) < 4.78 is 0. The minimum absolute atomic E-state index is 0.201. The molecule has 1 atom stereocenters. The third-order valence-electron chi connectivity index (χ3n) is 4.29. The number of rotatable bonds is 6. The second-order valence-corrected chi connectivity index (χ2v) is 7.53. The van der Waals surface area contributed by atoms with E-state index < -0.39 is 6.29 Å². The Labute approximate surface area is 133 Å². The molecule has 1 aliphatic heterocycles. The highest BCUT2D eigenvalue weighted by molar-refractivity contribution is 5.33. The van der Waals surface area contributed by atoms with Gasteiger partial charge < -0.3 is 20.8 Å². The SMILES string of the molecule is CC(C)(C)CCC(NCc1ccc2c(c1)CNCC2)C(O)O. The molecule has 0 radical (unpaired) electrons. The van der Waals surface area contributed by atoms with E-state index in [-0.39, 0.29) is 11.5 Å². The van der Waals surface area contributed by atoms with Gasteiger partial charge in [-0.25, -0.2) is 0 Å². The van der Waals surface area contributed by atoms with Gasteiger partial charge in [-0.15, -0.1) is 0 Å². The molecule has 0 aliphatic carbocycles. The van der Waals surface area contributed by atoms with Crippen molar-refractivity contribution < 1.29 is 10.2 Å². The molecule has 0 saturated carbocycles. The van der Waals surface area contributed by atoms with Crippen molar-refractivity contribution in [3.8, 4) is 0 Å². The third kappa shape index (κ3) is 5.36. The van der Waals surface area contributed by atoms with E-state index in [4.69, 9.17) is 0 Å². The number of aliphatic hydroxyl groups is 2. The van der Waals surface area contributed by atoms with Crippen LogP contribution in [0, 0.1) is 5.41 Å². The minimum Gasteiger partial charge on any atom is -0.367 e. The van der Waals surface area contributed by atoms with Crippen molar-refractivity contribution >= 4 is 0 Å². The molecule has 0 fully saturated rings. The maximum atomic E-state index is 9.56. The number of hydrogen-bond acceptors (Lipinski definition) is 4. The normalized spacial score (nSPS) is 16.6. The lowest BCUT2D eigenvalue weighted by Gasteiger charge is -2.25. The molecule has 0 spiro atoms. The van der Waals surface area contributed by atoms with E-state index in [1.165, 1.54) is 16.7 Å². The lowest BCUT2D eigenvalue weighted by atomic mass is 9.88. The van der Waals surface area contributed by atoms with Crippen molar-refractivity contribution in [1.29, 1.82) is 0 Å². The van der Waals surface area contributed by atoms with Gasteiger partial charge in [0.1, 0.15) is 0 Å². The lowest BCUT2D eigenvalue weighted by molar-refractivity contribution is -0.0708. The number of nitrogens with one attached hydrogen (secondary N) is 2. The van der Waals surface area contributed by atoms with Crippen LogP contribution in [-0.4, -0.2) is 29.1 Å². The number of benzene rings is 1. The second-order valence-electron chi connectivity index (χ2n) is 7.53. The molecule has 1 aromatic rings. The molecule has 2 rings (SSSR count). The quantitative estimate of drug-likeness (QED) is 0.607. The van der Waals surface area contributed by atoms with Gasteiger partial charge in [-0.3, -0.25) is 0 Å². The highest BCUT2D eigenvalue weighted by atomic mass is 16.5. The van der Waals surface area contributed by atoms with Gasteiger partial charge >= 0.3 is 0 Å². The minimum atomic E-state index is -1.32. The summed E-state index contributed by atoms with van der Waals surface area (Å²) in [7, 11) is 0. The first-order chi connectivity index (χ1) is 10.3. The van der Waals surface area contributed by atoms with Gasteiger partial charge in [-0.1, -0.05) is 39.0 Å². The summed E-state index contributed by atoms with van der Waals surface area (Å²) >= 11 is 0. The highest BCUT2D eigenvalue weighted by Crippen LogP contribution is 2.22. The largest absolute Gasteiger partial charge is 0.367 e. The van der Waals surface area contributed by atoms with Crippen molar-refractivity contribution in [3.63, 3.8) is 0 Å². The Morgan fingerprint density at radius 3 is 2.68 bits per heavy atom. The standard InChI is InChI=1S/C18H30N2O2/c1-18(2,3)8-6-16(17(21)22)20-11-13-4-5-14-7-9-19-12-15(14)10-13/h4-5,10,16-17,19-22H,6-9,11-12H2,1-3H3. The molecular weight excluding hydrogens is 276 g/mol. The van der Waals surface area contributed by atoms with Crippen LogP contribution in [-0.2, 0) is 19.5 Å². The molecule has 0 saturated heterocycles. The first-order valence-corrected chi connectivity index (χ1v) is 8.26. The molecule has 0 bridgehead atoms. The van der Waals surface area contributed by atoms with Gasteiger partial charge in [-0.2, -0.15) is 0 Å². The van der Waals surface area contributed by atoms with Crippen LogP contribution >= 0.6 is 0 Å². The van der Waals surface area contributed by atoms with Crippen LogP contribution in [0.4, 0.5) is 0 Å². The molecule has 4 N–H and O–H groups in total. The van der Waals surface area contributed by atoms with Crippen LogP contribution in [0.2, 0.25) is 0 Å². The average Bonchev–Trinajstić information content (AvgIpc) is 2.45. The summed E-state index contributed by atoms with van der Waals surface area (Å²) in [6, 6.07) is 6.28. The fraction of sp³-hybridized carbons (Fsp3) is 0.667. The van der Waals surface area contributed by atoms with Crippen LogP contribution in [0.15, 0.2) is 18.2 Å². The molecule has 4 nitrogen and oxygen atoms in total. The summed E-state index contributed by atoms with van der Waals surface area (Å²) in [4.78, 5) is 0. The average molecular weight is 306 g/mol. The monoisotopic (exact) mass is 306 g/mol. The van der Waals surface area contributed by atoms with Gasteiger partial charge in [0.15, 0.2) is 6.29 Å². The molecule has 124 valence electrons. The topological polar surface area (TPSA) is 64.5 Å². The molecule has 1 heterocycles. The molecule has 1 unspecified atom stereocenters. The fourth-order valence-electron chi connectivity index (χ4n) is 2.84. The van der Waals surface area contributed by atoms with E-state index in [2.05, 4.69) is 49.6 Å². The van der Waals surface area contributed by atoms with Crippen molar-refractivity contribution in [1.82, 2.24) is 10.6 Å². The van der Waals surface area contributed by atoms with E-state index in [9.17, 15) is 10.2 Å². The van der Waals surface area contributed by atoms with Gasteiger partial charge in [0.2, 0.25) is 0 Å². The molecular formula is C18H30N2O2. The van der Waals surface area contributed by atoms with Gasteiger partial charge in [0.25, 0.3) is 0 Å². The van der Waals surface area contributed by atoms with E-state index in [1.54, 1.807) is 0 Å². The number of fused-ring (bicyclic) bond motifs is 1. The lowest BCUT2D eigenvalue weighted by Crippen LogP contribution is -2.40. The summed E-state index contributed by atoms with van der Waals surface area (Å²) in [5.74, 6) is 0. The van der Waals surface area contributed by atoms with Crippen LogP contribution in [0.1, 0.15) is 50.3 Å². The van der Waals surface area contributed by atoms with Crippen LogP contribution < -0.4 is 10.6 Å². The Balaban J connectivity index is 1.91. The van der Waals surface area contributed by atoms with Crippen molar-refractivity contribution in [2.45, 2.75) is 65.5 Å². The van der Waals surface area contributed by atoms with Crippen LogP contribution in [0.25, 0.3) is 0 Å². The Bertz CT molecular complexity index is 480. The molecule has 1 aliphatic rings. The Morgan fingerprint density at radius 2 is 2.00 bits per heavy atom. The smallest absolute Gasteiger partial charge is 0.167 e.